The minimum absolute atomic E-state index is 0.255. The van der Waals surface area contributed by atoms with Crippen LogP contribution < -0.4 is 10.6 Å². The summed E-state index contributed by atoms with van der Waals surface area (Å²) in [5, 5.41) is 6.04. The number of urea groups is 1. The summed E-state index contributed by atoms with van der Waals surface area (Å²) in [6.45, 7) is 5.25. The lowest BCUT2D eigenvalue weighted by Gasteiger charge is -2.23. The van der Waals surface area contributed by atoms with Crippen LogP contribution in [0, 0.1) is 0 Å². The maximum Gasteiger partial charge on any atom is 0.325 e. The number of hydrogen-bond donors (Lipinski definition) is 2. The second-order valence-corrected chi connectivity index (χ2v) is 8.24. The Morgan fingerprint density at radius 3 is 2.55 bits per heavy atom. The van der Waals surface area contributed by atoms with Crippen LogP contribution in [0.4, 0.5) is 10.5 Å². The summed E-state index contributed by atoms with van der Waals surface area (Å²) in [4.78, 5) is 38.8. The molecule has 0 radical (unpaired) electrons. The van der Waals surface area contributed by atoms with Crippen molar-refractivity contribution >= 4 is 46.7 Å². The molecular weight excluding hydrogens is 413 g/mol. The Balaban J connectivity index is 1.76. The van der Waals surface area contributed by atoms with Crippen molar-refractivity contribution in [2.45, 2.75) is 32.2 Å². The summed E-state index contributed by atoms with van der Waals surface area (Å²) in [7, 11) is 0. The SMILES string of the molecule is CC(C)c1cccc(NC(=O)CN2C(=O)NC(C)(c3ccc(Cl)cc3Cl)C2=O)c1. The molecule has 0 saturated carbocycles. The van der Waals surface area contributed by atoms with Gasteiger partial charge in [0.1, 0.15) is 12.1 Å². The van der Waals surface area contributed by atoms with E-state index in [4.69, 9.17) is 23.2 Å². The number of imide groups is 1. The number of hydrogen-bond acceptors (Lipinski definition) is 3. The topological polar surface area (TPSA) is 78.5 Å². The third-order valence-electron chi connectivity index (χ3n) is 4.88. The Bertz CT molecular complexity index is 993. The Hall–Kier alpha value is -2.57. The molecule has 2 N–H and O–H groups in total. The van der Waals surface area contributed by atoms with E-state index >= 15 is 0 Å². The van der Waals surface area contributed by atoms with Gasteiger partial charge >= 0.3 is 6.03 Å². The summed E-state index contributed by atoms with van der Waals surface area (Å²) in [6, 6.07) is 11.5. The molecule has 4 amide bonds. The largest absolute Gasteiger partial charge is 0.325 e. The van der Waals surface area contributed by atoms with E-state index in [1.54, 1.807) is 25.1 Å². The maximum atomic E-state index is 13.0. The first-order chi connectivity index (χ1) is 13.6. The average Bonchev–Trinajstić information content (AvgIpc) is 2.85. The normalized spacial score (nSPS) is 18.9. The number of anilines is 1. The molecule has 2 aromatic rings. The van der Waals surface area contributed by atoms with Crippen LogP contribution in [0.25, 0.3) is 0 Å². The number of amides is 4. The molecule has 152 valence electrons. The average molecular weight is 434 g/mol. The van der Waals surface area contributed by atoms with E-state index in [0.717, 1.165) is 10.5 Å². The maximum absolute atomic E-state index is 13.0. The van der Waals surface area contributed by atoms with E-state index in [2.05, 4.69) is 24.5 Å². The van der Waals surface area contributed by atoms with Gasteiger partial charge in [-0.3, -0.25) is 14.5 Å². The van der Waals surface area contributed by atoms with Crippen LogP contribution in [-0.2, 0) is 15.1 Å². The first-order valence-corrected chi connectivity index (χ1v) is 9.87. The molecule has 2 aromatic carbocycles. The van der Waals surface area contributed by atoms with Crippen molar-refractivity contribution in [2.75, 3.05) is 11.9 Å². The van der Waals surface area contributed by atoms with Gasteiger partial charge in [0.25, 0.3) is 5.91 Å². The van der Waals surface area contributed by atoms with Gasteiger partial charge in [-0.15, -0.1) is 0 Å². The zero-order chi connectivity index (χ0) is 21.3. The van der Waals surface area contributed by atoms with Crippen molar-refractivity contribution in [3.05, 3.63) is 63.6 Å². The zero-order valence-corrected chi connectivity index (χ0v) is 17.8. The number of benzene rings is 2. The van der Waals surface area contributed by atoms with Crippen LogP contribution in [0.15, 0.2) is 42.5 Å². The standard InChI is InChI=1S/C21H21Cl2N3O3/c1-12(2)13-5-4-6-15(9-13)24-18(27)11-26-19(28)21(3,25-20(26)29)16-8-7-14(22)10-17(16)23/h4-10,12H,11H2,1-3H3,(H,24,27)(H,25,29). The summed E-state index contributed by atoms with van der Waals surface area (Å²) < 4.78 is 0. The third kappa shape index (κ3) is 4.23. The van der Waals surface area contributed by atoms with Crippen LogP contribution in [0.3, 0.4) is 0 Å². The van der Waals surface area contributed by atoms with Crippen molar-refractivity contribution in [1.29, 1.82) is 0 Å². The highest BCUT2D eigenvalue weighted by Gasteiger charge is 2.50. The monoisotopic (exact) mass is 433 g/mol. The molecular formula is C21H21Cl2N3O3. The predicted molar refractivity (Wildman–Crippen MR) is 113 cm³/mol. The van der Waals surface area contributed by atoms with Crippen LogP contribution in [-0.4, -0.2) is 29.3 Å². The van der Waals surface area contributed by atoms with Crippen LogP contribution in [0.2, 0.25) is 10.0 Å². The Kier molecular flexibility index (Phi) is 5.87. The minimum atomic E-state index is -1.38. The third-order valence-corrected chi connectivity index (χ3v) is 5.43. The van der Waals surface area contributed by atoms with E-state index in [0.29, 0.717) is 22.2 Å². The fourth-order valence-electron chi connectivity index (χ4n) is 3.24. The molecule has 1 aliphatic rings. The molecule has 1 atom stereocenters. The number of rotatable bonds is 5. The Labute approximate surface area is 179 Å². The summed E-state index contributed by atoms with van der Waals surface area (Å²) >= 11 is 12.1. The summed E-state index contributed by atoms with van der Waals surface area (Å²) in [5.41, 5.74) is 0.713. The highest BCUT2D eigenvalue weighted by atomic mass is 35.5. The molecule has 1 saturated heterocycles. The second-order valence-electron chi connectivity index (χ2n) is 7.40. The number of nitrogens with one attached hydrogen (secondary N) is 2. The van der Waals surface area contributed by atoms with Crippen LogP contribution in [0.1, 0.15) is 37.8 Å². The van der Waals surface area contributed by atoms with Gasteiger partial charge in [-0.1, -0.05) is 55.2 Å². The van der Waals surface area contributed by atoms with Gasteiger partial charge in [0, 0.05) is 21.3 Å². The Morgan fingerprint density at radius 1 is 1.17 bits per heavy atom. The molecule has 0 aromatic heterocycles. The van der Waals surface area contributed by atoms with Crippen molar-refractivity contribution in [3.63, 3.8) is 0 Å². The summed E-state index contributed by atoms with van der Waals surface area (Å²) in [5.74, 6) is -0.721. The van der Waals surface area contributed by atoms with Crippen LogP contribution in [0.5, 0.6) is 0 Å². The van der Waals surface area contributed by atoms with E-state index in [1.165, 1.54) is 6.07 Å². The van der Waals surface area contributed by atoms with Gasteiger partial charge in [0.15, 0.2) is 0 Å². The molecule has 6 nitrogen and oxygen atoms in total. The van der Waals surface area contributed by atoms with Gasteiger partial charge < -0.3 is 10.6 Å². The van der Waals surface area contributed by atoms with Gasteiger partial charge in [0.05, 0.1) is 0 Å². The van der Waals surface area contributed by atoms with Gasteiger partial charge in [-0.2, -0.15) is 0 Å². The second kappa shape index (κ2) is 8.05. The highest BCUT2D eigenvalue weighted by Crippen LogP contribution is 2.34. The number of carbonyl (C=O) groups excluding carboxylic acids is 3. The van der Waals surface area contributed by atoms with Crippen molar-refractivity contribution in [1.82, 2.24) is 10.2 Å². The van der Waals surface area contributed by atoms with E-state index in [1.807, 2.05) is 18.2 Å². The fraction of sp³-hybridized carbons (Fsp3) is 0.286. The van der Waals surface area contributed by atoms with Gasteiger partial charge in [0.2, 0.25) is 5.91 Å². The number of halogens is 2. The molecule has 1 unspecified atom stereocenters. The first-order valence-electron chi connectivity index (χ1n) is 9.11. The fourth-order valence-corrected chi connectivity index (χ4v) is 3.84. The van der Waals surface area contributed by atoms with E-state index in [-0.39, 0.29) is 5.02 Å². The lowest BCUT2D eigenvalue weighted by atomic mass is 9.92. The van der Waals surface area contributed by atoms with Crippen molar-refractivity contribution in [3.8, 4) is 0 Å². The number of nitrogens with zero attached hydrogens (tertiary/aromatic N) is 1. The summed E-state index contributed by atoms with van der Waals surface area (Å²) in [6.07, 6.45) is 0. The van der Waals surface area contributed by atoms with E-state index in [9.17, 15) is 14.4 Å². The lowest BCUT2D eigenvalue weighted by molar-refractivity contribution is -0.133. The van der Waals surface area contributed by atoms with E-state index < -0.39 is 29.9 Å². The predicted octanol–water partition coefficient (Wildman–Crippen LogP) is 4.52. The minimum Gasteiger partial charge on any atom is -0.325 e. The molecule has 0 bridgehead atoms. The first kappa shape index (κ1) is 21.1. The lowest BCUT2D eigenvalue weighted by Crippen LogP contribution is -2.42. The molecule has 1 fully saturated rings. The quantitative estimate of drug-likeness (QED) is 0.680. The molecule has 0 spiro atoms. The Morgan fingerprint density at radius 2 is 1.90 bits per heavy atom. The molecule has 29 heavy (non-hydrogen) atoms. The van der Waals surface area contributed by atoms with Gasteiger partial charge in [-0.25, -0.2) is 4.79 Å². The molecule has 0 aliphatic carbocycles. The zero-order valence-electron chi connectivity index (χ0n) is 16.3. The van der Waals surface area contributed by atoms with Crippen molar-refractivity contribution < 1.29 is 14.4 Å². The highest BCUT2D eigenvalue weighted by molar-refractivity contribution is 6.35. The smallest absolute Gasteiger partial charge is 0.325 e. The molecule has 3 rings (SSSR count). The van der Waals surface area contributed by atoms with Gasteiger partial charge in [-0.05, 0) is 42.7 Å². The van der Waals surface area contributed by atoms with Crippen molar-refractivity contribution in [2.24, 2.45) is 0 Å². The number of carbonyl (C=O) groups is 3. The molecule has 1 aliphatic heterocycles. The molecule has 8 heteroatoms. The molecule has 1 heterocycles. The van der Waals surface area contributed by atoms with Crippen LogP contribution >= 0.6 is 23.2 Å².